The molecular weight excluding hydrogens is 299 g/mol. The second kappa shape index (κ2) is 7.67. The quantitative estimate of drug-likeness (QED) is 0.807. The Hall–Kier alpha value is -2.25. The number of amides is 3. The van der Waals surface area contributed by atoms with Gasteiger partial charge in [0.1, 0.15) is 6.04 Å². The number of hydrogen-bond donors (Lipinski definition) is 2. The third-order valence-electron chi connectivity index (χ3n) is 2.90. The fraction of sp³-hybridized carbons (Fsp3) is 0.429. The molecule has 0 spiro atoms. The van der Waals surface area contributed by atoms with Crippen molar-refractivity contribution < 1.29 is 22.8 Å². The van der Waals surface area contributed by atoms with E-state index in [1.807, 2.05) is 0 Å². The number of urea groups is 1. The van der Waals surface area contributed by atoms with E-state index in [9.17, 15) is 22.8 Å². The molecule has 1 aromatic rings. The summed E-state index contributed by atoms with van der Waals surface area (Å²) < 4.78 is 38.8. The molecule has 0 aromatic heterocycles. The summed E-state index contributed by atoms with van der Waals surface area (Å²) in [5, 5.41) is 4.88. The lowest BCUT2D eigenvalue weighted by Gasteiger charge is -2.18. The monoisotopic (exact) mass is 317 g/mol. The van der Waals surface area contributed by atoms with Crippen molar-refractivity contribution in [2.24, 2.45) is 0 Å². The van der Waals surface area contributed by atoms with Crippen LogP contribution in [0.4, 0.5) is 18.0 Å². The highest BCUT2D eigenvalue weighted by Gasteiger charge is 2.16. The molecule has 22 heavy (non-hydrogen) atoms. The van der Waals surface area contributed by atoms with Gasteiger partial charge in [0.15, 0.2) is 17.5 Å². The summed E-state index contributed by atoms with van der Waals surface area (Å²) in [5.74, 6) is -4.34. The number of halogens is 3. The number of likely N-dealkylation sites (N-methyl/N-ethyl adjacent to an activating group) is 1. The van der Waals surface area contributed by atoms with Crippen LogP contribution in [0.3, 0.4) is 0 Å². The molecule has 0 saturated carbocycles. The lowest BCUT2D eigenvalue weighted by Crippen LogP contribution is -2.48. The number of rotatable bonds is 5. The highest BCUT2D eigenvalue weighted by atomic mass is 19.2. The van der Waals surface area contributed by atoms with Crippen LogP contribution in [0, 0.1) is 17.5 Å². The molecule has 0 fully saturated rings. The zero-order valence-electron chi connectivity index (χ0n) is 12.5. The Morgan fingerprint density at radius 2 is 1.73 bits per heavy atom. The van der Waals surface area contributed by atoms with Crippen LogP contribution in [-0.2, 0) is 11.2 Å². The number of carbonyl (C=O) groups excluding carboxylic acids is 2. The molecule has 0 bridgehead atoms. The summed E-state index contributed by atoms with van der Waals surface area (Å²) in [6.45, 7) is 1.62. The fourth-order valence-electron chi connectivity index (χ4n) is 1.77. The molecule has 122 valence electrons. The molecule has 3 amide bonds. The van der Waals surface area contributed by atoms with Crippen molar-refractivity contribution in [3.8, 4) is 0 Å². The largest absolute Gasteiger partial charge is 0.347 e. The lowest BCUT2D eigenvalue weighted by atomic mass is 10.1. The van der Waals surface area contributed by atoms with Crippen LogP contribution in [0.15, 0.2) is 12.1 Å². The van der Waals surface area contributed by atoms with Crippen LogP contribution in [0.5, 0.6) is 0 Å². The highest BCUT2D eigenvalue weighted by molar-refractivity contribution is 5.86. The van der Waals surface area contributed by atoms with Gasteiger partial charge in [-0.1, -0.05) is 0 Å². The van der Waals surface area contributed by atoms with E-state index >= 15 is 0 Å². The van der Waals surface area contributed by atoms with Crippen molar-refractivity contribution in [2.75, 3.05) is 20.6 Å². The van der Waals surface area contributed by atoms with Gasteiger partial charge in [0.2, 0.25) is 5.91 Å². The minimum Gasteiger partial charge on any atom is -0.347 e. The standard InChI is InChI=1S/C14H18F3N3O2/c1-8(13(21)20(2)3)19-14(22)18-5-4-9-6-10(15)12(17)11(16)7-9/h6-8H,4-5H2,1-3H3,(H2,18,19,22)/t8-/m0/s1. The van der Waals surface area contributed by atoms with E-state index in [0.717, 1.165) is 12.1 Å². The van der Waals surface area contributed by atoms with Gasteiger partial charge < -0.3 is 15.5 Å². The molecule has 1 rings (SSSR count). The molecule has 2 N–H and O–H groups in total. The first kappa shape index (κ1) is 17.8. The molecule has 0 aliphatic carbocycles. The zero-order chi connectivity index (χ0) is 16.9. The summed E-state index contributed by atoms with van der Waals surface area (Å²) in [6.07, 6.45) is 0.123. The predicted molar refractivity (Wildman–Crippen MR) is 74.7 cm³/mol. The van der Waals surface area contributed by atoms with Crippen molar-refractivity contribution in [3.63, 3.8) is 0 Å². The van der Waals surface area contributed by atoms with E-state index < -0.39 is 29.5 Å². The van der Waals surface area contributed by atoms with Crippen LogP contribution in [0.1, 0.15) is 12.5 Å². The maximum absolute atomic E-state index is 13.0. The highest BCUT2D eigenvalue weighted by Crippen LogP contribution is 2.13. The van der Waals surface area contributed by atoms with Gasteiger partial charge in [0, 0.05) is 20.6 Å². The molecule has 0 aliphatic rings. The maximum Gasteiger partial charge on any atom is 0.315 e. The Morgan fingerprint density at radius 1 is 1.18 bits per heavy atom. The van der Waals surface area contributed by atoms with Crippen LogP contribution >= 0.6 is 0 Å². The molecule has 0 unspecified atom stereocenters. The summed E-state index contributed by atoms with van der Waals surface area (Å²) in [5.41, 5.74) is 0.217. The van der Waals surface area contributed by atoms with Gasteiger partial charge in [-0.05, 0) is 31.0 Å². The van der Waals surface area contributed by atoms with Crippen LogP contribution in [0.2, 0.25) is 0 Å². The third kappa shape index (κ3) is 4.94. The van der Waals surface area contributed by atoms with Gasteiger partial charge in [0.05, 0.1) is 0 Å². The van der Waals surface area contributed by atoms with Crippen molar-refractivity contribution in [2.45, 2.75) is 19.4 Å². The Bertz CT molecular complexity index is 541. The molecular formula is C14H18F3N3O2. The molecule has 0 heterocycles. The Balaban J connectivity index is 2.44. The molecule has 0 radical (unpaired) electrons. The smallest absolute Gasteiger partial charge is 0.315 e. The summed E-state index contributed by atoms with van der Waals surface area (Å²) in [6, 6.07) is 0.466. The van der Waals surface area contributed by atoms with Crippen LogP contribution in [-0.4, -0.2) is 43.5 Å². The Labute approximate surface area is 126 Å². The normalized spacial score (nSPS) is 11.7. The number of benzene rings is 1. The van der Waals surface area contributed by atoms with E-state index in [4.69, 9.17) is 0 Å². The summed E-state index contributed by atoms with van der Waals surface area (Å²) >= 11 is 0. The molecule has 1 aromatic carbocycles. The minimum absolute atomic E-state index is 0.0826. The SMILES string of the molecule is C[C@H](NC(=O)NCCc1cc(F)c(F)c(F)c1)C(=O)N(C)C. The van der Waals surface area contributed by atoms with Crippen molar-refractivity contribution in [1.29, 1.82) is 0 Å². The van der Waals surface area contributed by atoms with E-state index in [-0.39, 0.29) is 24.4 Å². The summed E-state index contributed by atoms with van der Waals surface area (Å²) in [7, 11) is 3.13. The average molecular weight is 317 g/mol. The van der Waals surface area contributed by atoms with Crippen molar-refractivity contribution in [1.82, 2.24) is 15.5 Å². The fourth-order valence-corrected chi connectivity index (χ4v) is 1.77. The van der Waals surface area contributed by atoms with Gasteiger partial charge >= 0.3 is 6.03 Å². The van der Waals surface area contributed by atoms with Gasteiger partial charge in [-0.2, -0.15) is 0 Å². The molecule has 0 saturated heterocycles. The number of nitrogens with zero attached hydrogens (tertiary/aromatic N) is 1. The van der Waals surface area contributed by atoms with Crippen LogP contribution in [0.25, 0.3) is 0 Å². The minimum atomic E-state index is -1.52. The third-order valence-corrected chi connectivity index (χ3v) is 2.90. The van der Waals surface area contributed by atoms with Crippen molar-refractivity contribution in [3.05, 3.63) is 35.1 Å². The number of carbonyl (C=O) groups is 2. The Kier molecular flexibility index (Phi) is 6.21. The zero-order valence-corrected chi connectivity index (χ0v) is 12.5. The first-order valence-electron chi connectivity index (χ1n) is 6.61. The van der Waals surface area contributed by atoms with Gasteiger partial charge in [-0.25, -0.2) is 18.0 Å². The maximum atomic E-state index is 13.0. The first-order chi connectivity index (χ1) is 10.2. The number of hydrogen-bond acceptors (Lipinski definition) is 2. The van der Waals surface area contributed by atoms with E-state index in [0.29, 0.717) is 0 Å². The molecule has 8 heteroatoms. The van der Waals surface area contributed by atoms with E-state index in [2.05, 4.69) is 10.6 Å². The Morgan fingerprint density at radius 3 is 2.23 bits per heavy atom. The lowest BCUT2D eigenvalue weighted by molar-refractivity contribution is -0.130. The second-order valence-corrected chi connectivity index (χ2v) is 4.98. The van der Waals surface area contributed by atoms with E-state index in [1.54, 1.807) is 14.1 Å². The second-order valence-electron chi connectivity index (χ2n) is 4.98. The van der Waals surface area contributed by atoms with Crippen LogP contribution < -0.4 is 10.6 Å². The van der Waals surface area contributed by atoms with Crippen molar-refractivity contribution >= 4 is 11.9 Å². The average Bonchev–Trinajstić information content (AvgIpc) is 2.43. The first-order valence-corrected chi connectivity index (χ1v) is 6.61. The molecule has 0 aliphatic heterocycles. The van der Waals surface area contributed by atoms with Gasteiger partial charge in [-0.3, -0.25) is 4.79 Å². The van der Waals surface area contributed by atoms with E-state index in [1.165, 1.54) is 11.8 Å². The molecule has 5 nitrogen and oxygen atoms in total. The topological polar surface area (TPSA) is 61.4 Å². The van der Waals surface area contributed by atoms with Gasteiger partial charge in [-0.15, -0.1) is 0 Å². The summed E-state index contributed by atoms with van der Waals surface area (Å²) in [4.78, 5) is 24.4. The number of nitrogens with one attached hydrogen (secondary N) is 2. The van der Waals surface area contributed by atoms with Gasteiger partial charge in [0.25, 0.3) is 0 Å². The molecule has 1 atom stereocenters. The predicted octanol–water partition coefficient (Wildman–Crippen LogP) is 1.42.